The summed E-state index contributed by atoms with van der Waals surface area (Å²) in [4.78, 5) is 25.4. The number of aromatic amines is 1. The number of ether oxygens (including phenoxy) is 1. The Kier molecular flexibility index (Phi) is 5.35. The third kappa shape index (κ3) is 4.08. The molecule has 0 aliphatic carbocycles. The van der Waals surface area contributed by atoms with Crippen LogP contribution in [-0.2, 0) is 4.74 Å². The first-order valence-corrected chi connectivity index (χ1v) is 11.4. The maximum Gasteiger partial charge on any atom is 0.256 e. The van der Waals surface area contributed by atoms with Gasteiger partial charge in [0.15, 0.2) is 5.76 Å². The summed E-state index contributed by atoms with van der Waals surface area (Å²) in [5, 5.41) is 2.94. The van der Waals surface area contributed by atoms with E-state index in [1.54, 1.807) is 42.5 Å². The molecule has 0 saturated carbocycles. The number of oxazole rings is 1. The molecule has 8 heteroatoms. The van der Waals surface area contributed by atoms with Crippen molar-refractivity contribution >= 4 is 22.6 Å². The van der Waals surface area contributed by atoms with Crippen molar-refractivity contribution in [2.75, 3.05) is 11.9 Å². The lowest BCUT2D eigenvalue weighted by molar-refractivity contribution is 0.102. The molecule has 1 aliphatic rings. The number of aromatic nitrogens is 3. The number of H-pyrrole nitrogens is 1. The van der Waals surface area contributed by atoms with Gasteiger partial charge in [-0.1, -0.05) is 24.3 Å². The summed E-state index contributed by atoms with van der Waals surface area (Å²) in [6.45, 7) is 0.745. The highest BCUT2D eigenvalue weighted by molar-refractivity contribution is 6.08. The highest BCUT2D eigenvalue weighted by atomic mass is 19.1. The largest absolute Gasteiger partial charge is 0.436 e. The molecule has 0 radical (unpaired) electrons. The number of fused-ring (bicyclic) bond motifs is 1. The second-order valence-electron chi connectivity index (χ2n) is 8.36. The Bertz CT molecular complexity index is 1530. The lowest BCUT2D eigenvalue weighted by Crippen LogP contribution is -2.13. The Morgan fingerprint density at radius 1 is 1.06 bits per heavy atom. The minimum atomic E-state index is -0.405. The summed E-state index contributed by atoms with van der Waals surface area (Å²) < 4.78 is 25.7. The summed E-state index contributed by atoms with van der Waals surface area (Å²) in [5.41, 5.74) is 3.47. The first-order valence-electron chi connectivity index (χ1n) is 11.4. The maximum absolute atomic E-state index is 14.2. The number of hydrogen-bond acceptors (Lipinski definition) is 5. The fourth-order valence-corrected chi connectivity index (χ4v) is 4.30. The SMILES string of the molecule is O=C(Nc1ccc2nc(C3CCCO3)[nH]c2c1)c1ccccc1-c1ncc(-c2ccccc2F)o1. The highest BCUT2D eigenvalue weighted by Crippen LogP contribution is 2.31. The first kappa shape index (κ1) is 21.2. The van der Waals surface area contributed by atoms with Crippen LogP contribution in [0.4, 0.5) is 10.1 Å². The van der Waals surface area contributed by atoms with Crippen molar-refractivity contribution in [3.05, 3.63) is 90.1 Å². The summed E-state index contributed by atoms with van der Waals surface area (Å²) in [6, 6.07) is 18.8. The number of nitrogens with one attached hydrogen (secondary N) is 2. The van der Waals surface area contributed by atoms with Crippen LogP contribution in [0.3, 0.4) is 0 Å². The third-order valence-electron chi connectivity index (χ3n) is 6.04. The standard InChI is InChI=1S/C27H21FN4O3/c28-20-9-4-3-8-19(20)24-15-29-27(35-24)18-7-2-1-6-17(18)26(33)30-16-11-12-21-22(14-16)32-25(31-21)23-10-5-13-34-23/h1-4,6-9,11-12,14-15,23H,5,10,13H2,(H,30,33)(H,31,32). The normalized spacial score (nSPS) is 15.5. The molecule has 0 spiro atoms. The van der Waals surface area contributed by atoms with Crippen LogP contribution < -0.4 is 5.32 Å². The topological polar surface area (TPSA) is 93.0 Å². The Morgan fingerprint density at radius 3 is 2.71 bits per heavy atom. The highest BCUT2D eigenvalue weighted by Gasteiger charge is 2.22. The van der Waals surface area contributed by atoms with Crippen molar-refractivity contribution in [2.45, 2.75) is 18.9 Å². The predicted octanol–water partition coefficient (Wildman–Crippen LogP) is 6.13. The van der Waals surface area contributed by atoms with E-state index in [0.717, 1.165) is 36.3 Å². The molecule has 1 saturated heterocycles. The zero-order valence-electron chi connectivity index (χ0n) is 18.6. The zero-order chi connectivity index (χ0) is 23.8. The minimum Gasteiger partial charge on any atom is -0.436 e. The van der Waals surface area contributed by atoms with Crippen LogP contribution in [0.25, 0.3) is 33.8 Å². The third-order valence-corrected chi connectivity index (χ3v) is 6.04. The van der Waals surface area contributed by atoms with Crippen molar-refractivity contribution in [2.24, 2.45) is 0 Å². The molecule has 2 N–H and O–H groups in total. The summed E-state index contributed by atoms with van der Waals surface area (Å²) in [5.74, 6) is 0.614. The van der Waals surface area contributed by atoms with Crippen LogP contribution in [0.15, 0.2) is 77.3 Å². The quantitative estimate of drug-likeness (QED) is 0.324. The van der Waals surface area contributed by atoms with E-state index in [0.29, 0.717) is 28.1 Å². The molecule has 5 aromatic rings. The molecule has 1 amide bonds. The lowest BCUT2D eigenvalue weighted by atomic mass is 10.1. The molecule has 1 aliphatic heterocycles. The maximum atomic E-state index is 14.2. The smallest absolute Gasteiger partial charge is 0.256 e. The van der Waals surface area contributed by atoms with E-state index in [4.69, 9.17) is 9.15 Å². The van der Waals surface area contributed by atoms with Crippen molar-refractivity contribution in [3.63, 3.8) is 0 Å². The molecule has 7 nitrogen and oxygen atoms in total. The average Bonchev–Trinajstić information content (AvgIpc) is 3.65. The molecule has 1 atom stereocenters. The van der Waals surface area contributed by atoms with Gasteiger partial charge in [-0.3, -0.25) is 4.79 Å². The van der Waals surface area contributed by atoms with Crippen LogP contribution >= 0.6 is 0 Å². The van der Waals surface area contributed by atoms with Crippen molar-refractivity contribution < 1.29 is 18.3 Å². The molecular weight excluding hydrogens is 447 g/mol. The number of hydrogen-bond donors (Lipinski definition) is 2. The number of amides is 1. The van der Waals surface area contributed by atoms with Gasteiger partial charge in [-0.2, -0.15) is 0 Å². The number of carbonyl (C=O) groups excluding carboxylic acids is 1. The van der Waals surface area contributed by atoms with Gasteiger partial charge in [0.1, 0.15) is 17.7 Å². The summed E-state index contributed by atoms with van der Waals surface area (Å²) >= 11 is 0. The Labute approximate surface area is 200 Å². The summed E-state index contributed by atoms with van der Waals surface area (Å²) in [6.07, 6.45) is 3.41. The number of nitrogens with zero attached hydrogens (tertiary/aromatic N) is 2. The van der Waals surface area contributed by atoms with E-state index < -0.39 is 5.82 Å². The van der Waals surface area contributed by atoms with Crippen molar-refractivity contribution in [3.8, 4) is 22.8 Å². The first-order chi connectivity index (χ1) is 17.2. The van der Waals surface area contributed by atoms with Gasteiger partial charge in [0.05, 0.1) is 28.4 Å². The zero-order valence-corrected chi connectivity index (χ0v) is 18.6. The van der Waals surface area contributed by atoms with E-state index >= 15 is 0 Å². The number of anilines is 1. The van der Waals surface area contributed by atoms with Gasteiger partial charge in [0.25, 0.3) is 5.91 Å². The molecule has 3 heterocycles. The van der Waals surface area contributed by atoms with E-state index in [2.05, 4.69) is 20.3 Å². The van der Waals surface area contributed by atoms with Crippen molar-refractivity contribution in [1.29, 1.82) is 0 Å². The van der Waals surface area contributed by atoms with Crippen molar-refractivity contribution in [1.82, 2.24) is 15.0 Å². The van der Waals surface area contributed by atoms with E-state index in [1.165, 1.54) is 12.3 Å². The molecular formula is C27H21FN4O3. The number of benzene rings is 3. The van der Waals surface area contributed by atoms with Crippen LogP contribution in [0.1, 0.15) is 35.1 Å². The van der Waals surface area contributed by atoms with Gasteiger partial charge in [0, 0.05) is 17.9 Å². The predicted molar refractivity (Wildman–Crippen MR) is 129 cm³/mol. The Hall–Kier alpha value is -4.30. The van der Waals surface area contributed by atoms with Crippen LogP contribution in [-0.4, -0.2) is 27.5 Å². The fraction of sp³-hybridized carbons (Fsp3) is 0.148. The lowest BCUT2D eigenvalue weighted by Gasteiger charge is -2.08. The molecule has 0 bridgehead atoms. The Morgan fingerprint density at radius 2 is 1.89 bits per heavy atom. The monoisotopic (exact) mass is 468 g/mol. The number of halogens is 1. The second-order valence-corrected chi connectivity index (χ2v) is 8.36. The minimum absolute atomic E-state index is 0.0117. The summed E-state index contributed by atoms with van der Waals surface area (Å²) in [7, 11) is 0. The van der Waals surface area contributed by atoms with Crippen LogP contribution in [0, 0.1) is 5.82 Å². The number of carbonyl (C=O) groups is 1. The van der Waals surface area contributed by atoms with Gasteiger partial charge in [-0.25, -0.2) is 14.4 Å². The molecule has 3 aromatic carbocycles. The van der Waals surface area contributed by atoms with Gasteiger partial charge >= 0.3 is 0 Å². The van der Waals surface area contributed by atoms with E-state index in [9.17, 15) is 9.18 Å². The van der Waals surface area contributed by atoms with Crippen LogP contribution in [0.5, 0.6) is 0 Å². The molecule has 2 aromatic heterocycles. The average molecular weight is 468 g/mol. The molecule has 1 unspecified atom stereocenters. The number of imidazole rings is 1. The van der Waals surface area contributed by atoms with Gasteiger partial charge in [-0.05, 0) is 55.3 Å². The number of rotatable bonds is 5. The molecule has 174 valence electrons. The second kappa shape index (κ2) is 8.81. The van der Waals surface area contributed by atoms with Gasteiger partial charge < -0.3 is 19.5 Å². The molecule has 1 fully saturated rings. The fourth-order valence-electron chi connectivity index (χ4n) is 4.30. The van der Waals surface area contributed by atoms with Gasteiger partial charge in [-0.15, -0.1) is 0 Å². The molecule has 35 heavy (non-hydrogen) atoms. The van der Waals surface area contributed by atoms with Crippen LogP contribution in [0.2, 0.25) is 0 Å². The Balaban J connectivity index is 1.27. The van der Waals surface area contributed by atoms with Gasteiger partial charge in [0.2, 0.25) is 5.89 Å². The van der Waals surface area contributed by atoms with E-state index in [-0.39, 0.29) is 17.9 Å². The molecule has 6 rings (SSSR count). The van der Waals surface area contributed by atoms with E-state index in [1.807, 2.05) is 18.2 Å².